The maximum Gasteiger partial charge on any atom is 0.240 e. The Kier molecular flexibility index (Phi) is 7.16. The number of anilines is 1. The van der Waals surface area contributed by atoms with E-state index in [0.29, 0.717) is 40.6 Å². The van der Waals surface area contributed by atoms with Crippen LogP contribution < -0.4 is 15.5 Å². The normalized spacial score (nSPS) is 11.7. The molecule has 0 amide bonds. The number of rotatable bonds is 8. The van der Waals surface area contributed by atoms with Gasteiger partial charge in [0.25, 0.3) is 0 Å². The zero-order chi connectivity index (χ0) is 23.6. The number of hydrogen-bond donors (Lipinski definition) is 2. The zero-order valence-corrected chi connectivity index (χ0v) is 20.2. The summed E-state index contributed by atoms with van der Waals surface area (Å²) in [6.07, 6.45) is 2.02. The fourth-order valence-electron chi connectivity index (χ4n) is 3.19. The molecule has 2 heterocycles. The maximum atomic E-state index is 12.5. The van der Waals surface area contributed by atoms with E-state index in [1.807, 2.05) is 24.3 Å². The van der Waals surface area contributed by atoms with E-state index in [1.165, 1.54) is 24.4 Å². The second-order valence-corrected chi connectivity index (χ2v) is 10.2. The summed E-state index contributed by atoms with van der Waals surface area (Å²) >= 11 is 18.2. The quantitative estimate of drug-likeness (QED) is 0.272. The van der Waals surface area contributed by atoms with Crippen molar-refractivity contribution in [1.29, 1.82) is 0 Å². The third kappa shape index (κ3) is 5.45. The topological polar surface area (TPSA) is 88.4 Å². The van der Waals surface area contributed by atoms with Gasteiger partial charge < -0.3 is 5.32 Å². The molecule has 12 heteroatoms. The molecule has 0 bridgehead atoms. The predicted octanol–water partition coefficient (Wildman–Crippen LogP) is 3.93. The number of hydrogen-bond acceptors (Lipinski definition) is 5. The van der Waals surface area contributed by atoms with E-state index in [1.54, 1.807) is 10.6 Å². The first kappa shape index (κ1) is 23.8. The summed E-state index contributed by atoms with van der Waals surface area (Å²) < 4.78 is 29.1. The van der Waals surface area contributed by atoms with Crippen LogP contribution in [0.1, 0.15) is 6.42 Å². The average molecular weight is 521 g/mol. The molecule has 0 aliphatic carbocycles. The Morgan fingerprint density at radius 1 is 1.00 bits per heavy atom. The average Bonchev–Trinajstić information content (AvgIpc) is 3.14. The van der Waals surface area contributed by atoms with Crippen LogP contribution in [0.2, 0.25) is 15.1 Å². The highest BCUT2D eigenvalue weighted by Crippen LogP contribution is 2.28. The zero-order valence-electron chi connectivity index (χ0n) is 17.1. The highest BCUT2D eigenvalue weighted by Gasteiger charge is 2.15. The van der Waals surface area contributed by atoms with Gasteiger partial charge in [-0.3, -0.25) is 0 Å². The number of nitrogens with one attached hydrogen (secondary N) is 2. The second-order valence-electron chi connectivity index (χ2n) is 7.13. The molecule has 2 radical (unpaired) electrons. The molecule has 0 fully saturated rings. The molecule has 0 aliphatic rings. The molecule has 4 aromatic rings. The summed E-state index contributed by atoms with van der Waals surface area (Å²) in [6.45, 7) is 0.659. The number of sulfonamides is 1. The number of nitrogens with zero attached hydrogens (tertiary/aromatic N) is 3. The minimum Gasteiger partial charge on any atom is -0.370 e. The van der Waals surface area contributed by atoms with Crippen LogP contribution in [0.15, 0.2) is 59.6 Å². The Balaban J connectivity index is 1.46. The van der Waals surface area contributed by atoms with Gasteiger partial charge in [-0.2, -0.15) is 9.61 Å². The molecule has 0 unspecified atom stereocenters. The van der Waals surface area contributed by atoms with Crippen molar-refractivity contribution in [2.45, 2.75) is 11.3 Å². The van der Waals surface area contributed by atoms with Crippen molar-refractivity contribution in [2.75, 3.05) is 18.4 Å². The van der Waals surface area contributed by atoms with E-state index in [9.17, 15) is 8.42 Å². The van der Waals surface area contributed by atoms with E-state index in [2.05, 4.69) is 20.1 Å². The van der Waals surface area contributed by atoms with Crippen molar-refractivity contribution in [2.24, 2.45) is 0 Å². The molecule has 168 valence electrons. The third-order valence-electron chi connectivity index (χ3n) is 4.75. The molecule has 2 aromatic heterocycles. The SMILES string of the molecule is [B]c1cnn2c(NCCCNS(=O)(=O)c3cc(Cl)cc(Cl)c3)cc(-c3ccccc3Cl)nc12. The third-order valence-corrected chi connectivity index (χ3v) is 6.95. The highest BCUT2D eigenvalue weighted by molar-refractivity contribution is 7.89. The molecule has 33 heavy (non-hydrogen) atoms. The number of benzene rings is 2. The molecule has 0 aliphatic heterocycles. The first-order valence-electron chi connectivity index (χ1n) is 9.83. The summed E-state index contributed by atoms with van der Waals surface area (Å²) in [7, 11) is 2.29. The van der Waals surface area contributed by atoms with Crippen LogP contribution in [0.4, 0.5) is 5.82 Å². The van der Waals surface area contributed by atoms with Crippen LogP contribution >= 0.6 is 34.8 Å². The van der Waals surface area contributed by atoms with Crippen LogP contribution in [-0.2, 0) is 10.0 Å². The summed E-state index contributed by atoms with van der Waals surface area (Å²) in [5.74, 6) is 0.649. The van der Waals surface area contributed by atoms with Crippen LogP contribution in [0, 0.1) is 0 Å². The van der Waals surface area contributed by atoms with Crippen LogP contribution in [0.5, 0.6) is 0 Å². The van der Waals surface area contributed by atoms with E-state index < -0.39 is 10.0 Å². The van der Waals surface area contributed by atoms with E-state index in [-0.39, 0.29) is 21.5 Å². The van der Waals surface area contributed by atoms with Crippen molar-refractivity contribution in [3.63, 3.8) is 0 Å². The van der Waals surface area contributed by atoms with Gasteiger partial charge in [0, 0.05) is 46.0 Å². The van der Waals surface area contributed by atoms with Crippen LogP contribution in [-0.4, -0.2) is 44.0 Å². The number of fused-ring (bicyclic) bond motifs is 1. The van der Waals surface area contributed by atoms with Crippen LogP contribution in [0.25, 0.3) is 16.9 Å². The van der Waals surface area contributed by atoms with Gasteiger partial charge in [-0.25, -0.2) is 18.1 Å². The molecule has 0 spiro atoms. The van der Waals surface area contributed by atoms with Gasteiger partial charge in [0.1, 0.15) is 13.7 Å². The van der Waals surface area contributed by atoms with Gasteiger partial charge in [-0.1, -0.05) is 53.0 Å². The Hall–Kier alpha value is -2.30. The lowest BCUT2D eigenvalue weighted by Crippen LogP contribution is -2.26. The van der Waals surface area contributed by atoms with Gasteiger partial charge in [0.15, 0.2) is 5.65 Å². The fourth-order valence-corrected chi connectivity index (χ4v) is 5.22. The molecular weight excluding hydrogens is 504 g/mol. The number of halogens is 3. The van der Waals surface area contributed by atoms with Gasteiger partial charge in [-0.15, -0.1) is 0 Å². The summed E-state index contributed by atoms with van der Waals surface area (Å²) in [5, 5.41) is 8.59. The molecule has 2 aromatic carbocycles. The molecular formula is C21H17BCl3N5O2S. The molecule has 7 nitrogen and oxygen atoms in total. The Labute approximate surface area is 207 Å². The monoisotopic (exact) mass is 519 g/mol. The lowest BCUT2D eigenvalue weighted by molar-refractivity contribution is 0.580. The summed E-state index contributed by atoms with van der Waals surface area (Å²) in [6, 6.07) is 13.4. The minimum absolute atomic E-state index is 0.0141. The molecule has 0 saturated heterocycles. The van der Waals surface area contributed by atoms with Gasteiger partial charge in [-0.05, 0) is 36.1 Å². The van der Waals surface area contributed by atoms with E-state index >= 15 is 0 Å². The smallest absolute Gasteiger partial charge is 0.240 e. The molecule has 0 saturated carbocycles. The van der Waals surface area contributed by atoms with Gasteiger partial charge in [0.05, 0.1) is 10.6 Å². The Morgan fingerprint density at radius 3 is 2.45 bits per heavy atom. The first-order valence-corrected chi connectivity index (χ1v) is 12.4. The predicted molar refractivity (Wildman–Crippen MR) is 134 cm³/mol. The summed E-state index contributed by atoms with van der Waals surface area (Å²) in [5.41, 5.74) is 2.33. The maximum absolute atomic E-state index is 12.5. The standard InChI is InChI=1S/C21H17BCl3N5O2S/c22-17-12-27-30-20(11-19(29-21(17)30)16-4-1-2-5-18(16)25)26-6-3-7-28-33(31,32)15-9-13(23)8-14(24)10-15/h1-2,4-5,8-12,26,28H,3,6-7H2. The number of aromatic nitrogens is 3. The first-order chi connectivity index (χ1) is 15.7. The second kappa shape index (κ2) is 9.91. The molecule has 0 atom stereocenters. The van der Waals surface area contributed by atoms with Crippen molar-refractivity contribution in [1.82, 2.24) is 19.3 Å². The highest BCUT2D eigenvalue weighted by atomic mass is 35.5. The van der Waals surface area contributed by atoms with Crippen molar-refractivity contribution in [3.05, 3.63) is 69.8 Å². The van der Waals surface area contributed by atoms with Crippen LogP contribution in [0.3, 0.4) is 0 Å². The Bertz CT molecular complexity index is 1410. The van der Waals surface area contributed by atoms with Crippen molar-refractivity contribution in [3.8, 4) is 11.3 Å². The van der Waals surface area contributed by atoms with Crippen molar-refractivity contribution >= 4 is 69.6 Å². The van der Waals surface area contributed by atoms with E-state index in [0.717, 1.165) is 5.56 Å². The molecule has 2 N–H and O–H groups in total. The lowest BCUT2D eigenvalue weighted by atomic mass is 10.0. The lowest BCUT2D eigenvalue weighted by Gasteiger charge is -2.12. The largest absolute Gasteiger partial charge is 0.370 e. The fraction of sp³-hybridized carbons (Fsp3) is 0.143. The minimum atomic E-state index is -3.73. The van der Waals surface area contributed by atoms with E-state index in [4.69, 9.17) is 42.6 Å². The van der Waals surface area contributed by atoms with Gasteiger partial charge in [0.2, 0.25) is 10.0 Å². The molecule has 4 rings (SSSR count). The van der Waals surface area contributed by atoms with Gasteiger partial charge >= 0.3 is 0 Å². The van der Waals surface area contributed by atoms with Crippen molar-refractivity contribution < 1.29 is 8.42 Å². The Morgan fingerprint density at radius 2 is 1.73 bits per heavy atom. The summed E-state index contributed by atoms with van der Waals surface area (Å²) in [4.78, 5) is 4.60.